The van der Waals surface area contributed by atoms with Crippen molar-refractivity contribution in [2.24, 2.45) is 23.7 Å². The molecule has 3 aromatic carbocycles. The number of imide groups is 1. The molecule has 2 bridgehead atoms. The molecule has 0 spiro atoms. The van der Waals surface area contributed by atoms with Crippen LogP contribution in [0.1, 0.15) is 46.5 Å². The summed E-state index contributed by atoms with van der Waals surface area (Å²) >= 11 is 9.57. The molecule has 2 heterocycles. The number of nitrogens with zero attached hydrogens (tertiary/aromatic N) is 2. The summed E-state index contributed by atoms with van der Waals surface area (Å²) in [6.45, 7) is 5.48. The molecule has 226 valence electrons. The summed E-state index contributed by atoms with van der Waals surface area (Å²) in [6.07, 6.45) is 1.98. The number of ketones is 1. The summed E-state index contributed by atoms with van der Waals surface area (Å²) in [7, 11) is 0. The standard InChI is InChI=1S/C36H28BrClN2O5/c1-17-11-22-14-26(17)31-30(22)34(42)40(35(31)43)25-9-7-20(8-10-25)29-16-28(27-15-23(37)12-18(2)32(27)39-29)36(44)45-19(3)33(41)21-5-4-6-24(38)13-21/h4-13,15-16,19,22,26,30-31H,14H2,1-3H3. The lowest BCUT2D eigenvalue weighted by Crippen LogP contribution is -2.32. The van der Waals surface area contributed by atoms with Crippen LogP contribution in [0.3, 0.4) is 0 Å². The number of amides is 2. The van der Waals surface area contributed by atoms with E-state index in [0.717, 1.165) is 16.5 Å². The fourth-order valence-corrected chi connectivity index (χ4v) is 8.00. The van der Waals surface area contributed by atoms with Crippen LogP contribution in [0.2, 0.25) is 5.02 Å². The minimum absolute atomic E-state index is 0.130. The third-order valence-electron chi connectivity index (χ3n) is 9.35. The number of esters is 1. The maximum Gasteiger partial charge on any atom is 0.339 e. The summed E-state index contributed by atoms with van der Waals surface area (Å²) in [6, 6.07) is 18.9. The van der Waals surface area contributed by atoms with Crippen LogP contribution in [0.25, 0.3) is 22.2 Å². The van der Waals surface area contributed by atoms with Crippen molar-refractivity contribution in [2.45, 2.75) is 33.3 Å². The molecule has 1 aromatic heterocycles. The van der Waals surface area contributed by atoms with Gasteiger partial charge in [-0.15, -0.1) is 0 Å². The quantitative estimate of drug-likeness (QED) is 0.0893. The van der Waals surface area contributed by atoms with Crippen molar-refractivity contribution in [3.8, 4) is 11.3 Å². The average molecular weight is 684 g/mol. The third kappa shape index (κ3) is 4.91. The number of allylic oxidation sites excluding steroid dienone is 2. The number of carbonyl (C=O) groups excluding carboxylic acids is 4. The SMILES string of the molecule is CC1=CC2CC1C1C(=O)N(c3ccc(-c4cc(C(=O)OC(C)C(=O)c5cccc(Cl)c5)c5cc(Br)cc(C)c5n4)cc3)C(=O)C21. The molecule has 5 unspecified atom stereocenters. The second kappa shape index (κ2) is 11.0. The Hall–Kier alpha value is -4.14. The van der Waals surface area contributed by atoms with Crippen LogP contribution < -0.4 is 4.90 Å². The highest BCUT2D eigenvalue weighted by molar-refractivity contribution is 9.10. The topological polar surface area (TPSA) is 93.6 Å². The monoisotopic (exact) mass is 682 g/mol. The van der Waals surface area contributed by atoms with E-state index in [4.69, 9.17) is 21.3 Å². The molecule has 0 N–H and O–H groups in total. The number of rotatable bonds is 6. The highest BCUT2D eigenvalue weighted by Crippen LogP contribution is 2.56. The zero-order valence-corrected chi connectivity index (χ0v) is 27.1. The van der Waals surface area contributed by atoms with E-state index >= 15 is 0 Å². The Morgan fingerprint density at radius 3 is 2.47 bits per heavy atom. The van der Waals surface area contributed by atoms with Crippen LogP contribution in [-0.2, 0) is 14.3 Å². The van der Waals surface area contributed by atoms with Gasteiger partial charge in [0.05, 0.1) is 34.3 Å². The Labute approximate surface area is 273 Å². The number of Topliss-reactive ketones (excluding diaryl/α,β-unsaturated/α-hetero) is 1. The van der Waals surface area contributed by atoms with E-state index in [1.54, 1.807) is 54.6 Å². The lowest BCUT2D eigenvalue weighted by molar-refractivity contribution is -0.123. The van der Waals surface area contributed by atoms with E-state index in [0.29, 0.717) is 38.4 Å². The van der Waals surface area contributed by atoms with E-state index in [2.05, 4.69) is 28.9 Å². The highest BCUT2D eigenvalue weighted by atomic mass is 79.9. The zero-order valence-electron chi connectivity index (χ0n) is 24.7. The normalized spacial score (nSPS) is 22.5. The molecular weight excluding hydrogens is 656 g/mol. The largest absolute Gasteiger partial charge is 0.451 e. The fourth-order valence-electron chi connectivity index (χ4n) is 7.24. The Bertz CT molecular complexity index is 1990. The van der Waals surface area contributed by atoms with Gasteiger partial charge in [0, 0.05) is 26.0 Å². The maximum absolute atomic E-state index is 13.6. The molecule has 7 nitrogen and oxygen atoms in total. The van der Waals surface area contributed by atoms with Crippen molar-refractivity contribution < 1.29 is 23.9 Å². The number of aryl methyl sites for hydroxylation is 1. The molecule has 9 heteroatoms. The van der Waals surface area contributed by atoms with E-state index in [1.807, 2.05) is 13.0 Å². The summed E-state index contributed by atoms with van der Waals surface area (Å²) in [5, 5.41) is 0.990. The molecule has 3 aliphatic rings. The van der Waals surface area contributed by atoms with Crippen LogP contribution in [0.15, 0.2) is 82.9 Å². The first kappa shape index (κ1) is 29.6. The van der Waals surface area contributed by atoms with E-state index in [9.17, 15) is 19.2 Å². The second-order valence-corrected chi connectivity index (χ2v) is 13.5. The zero-order chi connectivity index (χ0) is 31.7. The van der Waals surface area contributed by atoms with Gasteiger partial charge in [0.25, 0.3) is 0 Å². The van der Waals surface area contributed by atoms with E-state index in [1.165, 1.54) is 23.5 Å². The summed E-state index contributed by atoms with van der Waals surface area (Å²) in [5.41, 5.74) is 4.98. The Morgan fingerprint density at radius 2 is 1.73 bits per heavy atom. The van der Waals surface area contributed by atoms with Crippen LogP contribution in [0, 0.1) is 30.6 Å². The number of anilines is 1. The minimum Gasteiger partial charge on any atom is -0.451 e. The molecule has 2 fully saturated rings. The van der Waals surface area contributed by atoms with Gasteiger partial charge in [-0.05, 0) is 87.1 Å². The molecule has 5 atom stereocenters. The first-order valence-electron chi connectivity index (χ1n) is 14.8. The maximum atomic E-state index is 13.6. The first-order chi connectivity index (χ1) is 21.5. The van der Waals surface area contributed by atoms with Crippen molar-refractivity contribution in [1.82, 2.24) is 4.98 Å². The Balaban J connectivity index is 1.20. The van der Waals surface area contributed by atoms with Gasteiger partial charge in [0.2, 0.25) is 17.6 Å². The minimum atomic E-state index is -1.06. The summed E-state index contributed by atoms with van der Waals surface area (Å²) in [4.78, 5) is 59.7. The predicted octanol–water partition coefficient (Wildman–Crippen LogP) is 7.76. The Kier molecular flexibility index (Phi) is 7.25. The number of aromatic nitrogens is 1. The van der Waals surface area contributed by atoms with Crippen molar-refractivity contribution >= 4 is 67.7 Å². The van der Waals surface area contributed by atoms with Gasteiger partial charge in [0.1, 0.15) is 0 Å². The van der Waals surface area contributed by atoms with Crippen molar-refractivity contribution in [2.75, 3.05) is 4.90 Å². The molecule has 1 saturated heterocycles. The molecular formula is C36H28BrClN2O5. The van der Waals surface area contributed by atoms with Crippen LogP contribution in [0.5, 0.6) is 0 Å². The van der Waals surface area contributed by atoms with Crippen LogP contribution in [0.4, 0.5) is 5.69 Å². The number of fused-ring (bicyclic) bond motifs is 6. The van der Waals surface area contributed by atoms with Gasteiger partial charge < -0.3 is 4.74 Å². The molecule has 2 aliphatic carbocycles. The Morgan fingerprint density at radius 1 is 1.00 bits per heavy atom. The van der Waals surface area contributed by atoms with Crippen LogP contribution in [-0.4, -0.2) is 34.7 Å². The highest BCUT2D eigenvalue weighted by Gasteiger charge is 2.60. The van der Waals surface area contributed by atoms with Gasteiger partial charge in [-0.25, -0.2) is 9.78 Å². The lowest BCUT2D eigenvalue weighted by Gasteiger charge is -2.19. The fraction of sp³-hybridized carbons (Fsp3) is 0.250. The smallest absolute Gasteiger partial charge is 0.339 e. The van der Waals surface area contributed by atoms with Gasteiger partial charge >= 0.3 is 5.97 Å². The van der Waals surface area contributed by atoms with Gasteiger partial charge in [0.15, 0.2) is 6.10 Å². The summed E-state index contributed by atoms with van der Waals surface area (Å²) in [5.74, 6) is -1.58. The third-order valence-corrected chi connectivity index (χ3v) is 10.0. The lowest BCUT2D eigenvalue weighted by atomic mass is 9.82. The van der Waals surface area contributed by atoms with Gasteiger partial charge in [-0.2, -0.15) is 0 Å². The number of benzene rings is 3. The summed E-state index contributed by atoms with van der Waals surface area (Å²) < 4.78 is 6.46. The molecule has 1 aliphatic heterocycles. The van der Waals surface area contributed by atoms with Crippen molar-refractivity contribution in [1.29, 1.82) is 0 Å². The number of hydrogen-bond acceptors (Lipinski definition) is 6. The molecule has 45 heavy (non-hydrogen) atoms. The van der Waals surface area contributed by atoms with Gasteiger partial charge in [-0.1, -0.05) is 63.4 Å². The molecule has 1 saturated carbocycles. The first-order valence-corrected chi connectivity index (χ1v) is 16.0. The second-order valence-electron chi connectivity index (χ2n) is 12.1. The molecule has 2 amide bonds. The average Bonchev–Trinajstić information content (AvgIpc) is 3.65. The number of ether oxygens (including phenoxy) is 1. The number of halogens is 2. The predicted molar refractivity (Wildman–Crippen MR) is 175 cm³/mol. The van der Waals surface area contributed by atoms with Crippen molar-refractivity contribution in [3.63, 3.8) is 0 Å². The number of carbonyl (C=O) groups is 4. The number of pyridine rings is 1. The van der Waals surface area contributed by atoms with Gasteiger partial charge in [-0.3, -0.25) is 19.3 Å². The molecule has 0 radical (unpaired) electrons. The van der Waals surface area contributed by atoms with Crippen LogP contribution >= 0.6 is 27.5 Å². The molecule has 7 rings (SSSR count). The number of hydrogen-bond donors (Lipinski definition) is 0. The molecule has 4 aromatic rings. The van der Waals surface area contributed by atoms with E-state index < -0.39 is 12.1 Å². The van der Waals surface area contributed by atoms with Crippen molar-refractivity contribution in [3.05, 3.63) is 105 Å². The van der Waals surface area contributed by atoms with E-state index in [-0.39, 0.29) is 46.8 Å².